The summed E-state index contributed by atoms with van der Waals surface area (Å²) in [4.78, 5) is 9.69. The Hall–Kier alpha value is -6.52. The van der Waals surface area contributed by atoms with E-state index in [2.05, 4.69) is 125 Å². The normalized spacial score (nSPS) is 14.6. The molecule has 0 N–H and O–H groups in total. The summed E-state index contributed by atoms with van der Waals surface area (Å²) in [5, 5.41) is 0. The third-order valence-corrected chi connectivity index (χ3v) is 11.9. The maximum absolute atomic E-state index is 6.27. The van der Waals surface area contributed by atoms with Gasteiger partial charge in [-0.25, -0.2) is 9.97 Å². The minimum absolute atomic E-state index is 0.0354. The first-order valence-electron chi connectivity index (χ1n) is 18.6. The van der Waals surface area contributed by atoms with E-state index < -0.39 is 0 Å². The van der Waals surface area contributed by atoms with Crippen LogP contribution in [-0.2, 0) is 10.8 Å². The summed E-state index contributed by atoms with van der Waals surface area (Å²) >= 11 is 0. The molecule has 0 bridgehead atoms. The number of benzene rings is 7. The van der Waals surface area contributed by atoms with Crippen LogP contribution in [-0.4, -0.2) is 9.97 Å². The van der Waals surface area contributed by atoms with Crippen molar-refractivity contribution >= 4 is 22.2 Å². The fourth-order valence-corrected chi connectivity index (χ4v) is 9.02. The predicted molar refractivity (Wildman–Crippen MR) is 218 cm³/mol. The lowest BCUT2D eigenvalue weighted by molar-refractivity contribution is 0.617. The first-order chi connectivity index (χ1) is 26.2. The second-order valence-corrected chi connectivity index (χ2v) is 15.9. The van der Waals surface area contributed by atoms with Gasteiger partial charge in [-0.2, -0.15) is 0 Å². The number of rotatable bonds is 4. The molecule has 0 saturated carbocycles. The molecule has 0 aliphatic heterocycles. The molecule has 0 unspecified atom stereocenters. The van der Waals surface area contributed by atoms with Crippen LogP contribution < -0.4 is 0 Å². The van der Waals surface area contributed by atoms with E-state index in [9.17, 15) is 0 Å². The van der Waals surface area contributed by atoms with E-state index in [0.29, 0.717) is 11.8 Å². The van der Waals surface area contributed by atoms with Gasteiger partial charge in [0.2, 0.25) is 11.8 Å². The lowest BCUT2D eigenvalue weighted by Crippen LogP contribution is -2.17. The van der Waals surface area contributed by atoms with Gasteiger partial charge in [0.25, 0.3) is 0 Å². The summed E-state index contributed by atoms with van der Waals surface area (Å²) in [6, 6.07) is 51.8. The summed E-state index contributed by atoms with van der Waals surface area (Å²) in [5.74, 6) is 1.12. The lowest BCUT2D eigenvalue weighted by atomic mass is 9.79. The predicted octanol–water partition coefficient (Wildman–Crippen LogP) is 13.2. The molecule has 0 fully saturated rings. The first-order valence-corrected chi connectivity index (χ1v) is 18.6. The van der Waals surface area contributed by atoms with Crippen LogP contribution in [0.3, 0.4) is 0 Å². The average molecular weight is 697 g/mol. The minimum atomic E-state index is -0.141. The number of fused-ring (bicyclic) bond motifs is 8. The van der Waals surface area contributed by atoms with Crippen molar-refractivity contribution in [2.24, 2.45) is 0 Å². The van der Waals surface area contributed by atoms with Gasteiger partial charge >= 0.3 is 0 Å². The van der Waals surface area contributed by atoms with Gasteiger partial charge in [0.1, 0.15) is 11.0 Å². The Morgan fingerprint density at radius 2 is 0.815 bits per heavy atom. The Balaban J connectivity index is 1.01. The Bertz CT molecular complexity index is 2850. The number of nitrogens with zero attached hydrogens (tertiary/aromatic N) is 2. The van der Waals surface area contributed by atoms with E-state index in [1.54, 1.807) is 0 Å². The molecule has 11 rings (SSSR count). The van der Waals surface area contributed by atoms with Gasteiger partial charge in [-0.3, -0.25) is 0 Å². The van der Waals surface area contributed by atoms with Crippen molar-refractivity contribution in [3.8, 4) is 67.4 Å². The quantitative estimate of drug-likeness (QED) is 0.184. The highest BCUT2D eigenvalue weighted by atomic mass is 16.4. The summed E-state index contributed by atoms with van der Waals surface area (Å²) in [5.41, 5.74) is 20.2. The molecule has 2 aliphatic rings. The summed E-state index contributed by atoms with van der Waals surface area (Å²) in [6.45, 7) is 9.48. The number of hydrogen-bond donors (Lipinski definition) is 0. The second kappa shape index (κ2) is 11.0. The van der Waals surface area contributed by atoms with Gasteiger partial charge in [0, 0.05) is 22.0 Å². The van der Waals surface area contributed by atoms with Crippen LogP contribution in [0.5, 0.6) is 0 Å². The Labute approximate surface area is 313 Å². The molecule has 0 amide bonds. The summed E-state index contributed by atoms with van der Waals surface area (Å²) < 4.78 is 12.5. The molecule has 2 heterocycles. The molecule has 0 saturated heterocycles. The van der Waals surface area contributed by atoms with Crippen molar-refractivity contribution in [3.05, 3.63) is 168 Å². The maximum Gasteiger partial charge on any atom is 0.227 e. The zero-order valence-corrected chi connectivity index (χ0v) is 30.6. The molecule has 258 valence electrons. The van der Waals surface area contributed by atoms with Gasteiger partial charge in [0.05, 0.1) is 0 Å². The Morgan fingerprint density at radius 3 is 1.44 bits per heavy atom. The van der Waals surface area contributed by atoms with E-state index in [0.717, 1.165) is 50.0 Å². The topological polar surface area (TPSA) is 52.1 Å². The molecule has 9 aromatic rings. The number of aromatic nitrogens is 2. The molecule has 0 atom stereocenters. The van der Waals surface area contributed by atoms with Gasteiger partial charge in [-0.1, -0.05) is 107 Å². The summed E-state index contributed by atoms with van der Waals surface area (Å²) in [6.07, 6.45) is 0. The van der Waals surface area contributed by atoms with Crippen molar-refractivity contribution in [2.75, 3.05) is 0 Å². The third kappa shape index (κ3) is 4.50. The van der Waals surface area contributed by atoms with Crippen LogP contribution >= 0.6 is 0 Å². The highest BCUT2D eigenvalue weighted by molar-refractivity contribution is 5.91. The van der Waals surface area contributed by atoms with Crippen LogP contribution in [0.2, 0.25) is 0 Å². The molecule has 4 nitrogen and oxygen atoms in total. The molecule has 0 radical (unpaired) electrons. The van der Waals surface area contributed by atoms with Crippen LogP contribution in [0.15, 0.2) is 154 Å². The van der Waals surface area contributed by atoms with Gasteiger partial charge in [-0.15, -0.1) is 0 Å². The maximum atomic E-state index is 6.27. The molecule has 7 aromatic carbocycles. The van der Waals surface area contributed by atoms with E-state index in [4.69, 9.17) is 18.8 Å². The standard InChI is InChI=1S/C50H36N2O2/c1-49(2)39-15-6-5-14-35(39)37-27-42-38(28-41(37)49)36-21-20-31(26-40(36)50(42,3)4)29-12-11-13-30(22-29)32-23-33(47-51-43-16-7-9-18-45(43)53-47)25-34(24-32)48-52-44-17-8-10-19-46(44)54-48/h5-28H,1-4H3. The highest BCUT2D eigenvalue weighted by Crippen LogP contribution is 2.56. The van der Waals surface area contributed by atoms with Crippen LogP contribution in [0.1, 0.15) is 49.9 Å². The fourth-order valence-electron chi connectivity index (χ4n) is 9.02. The molecule has 2 aromatic heterocycles. The number of hydrogen-bond acceptors (Lipinski definition) is 4. The molecule has 4 heteroatoms. The number of oxazole rings is 2. The monoisotopic (exact) mass is 696 g/mol. The van der Waals surface area contributed by atoms with Gasteiger partial charge < -0.3 is 8.83 Å². The number of para-hydroxylation sites is 4. The van der Waals surface area contributed by atoms with E-state index in [1.807, 2.05) is 48.5 Å². The van der Waals surface area contributed by atoms with Crippen molar-refractivity contribution in [1.82, 2.24) is 9.97 Å². The Kier molecular flexibility index (Phi) is 6.33. The molecular formula is C50H36N2O2. The van der Waals surface area contributed by atoms with Crippen molar-refractivity contribution in [1.29, 1.82) is 0 Å². The first kappa shape index (κ1) is 31.0. The summed E-state index contributed by atoms with van der Waals surface area (Å²) in [7, 11) is 0. The molecule has 2 aliphatic carbocycles. The molecule has 54 heavy (non-hydrogen) atoms. The minimum Gasteiger partial charge on any atom is -0.436 e. The van der Waals surface area contributed by atoms with Crippen LogP contribution in [0.25, 0.3) is 89.6 Å². The Morgan fingerprint density at radius 1 is 0.352 bits per heavy atom. The van der Waals surface area contributed by atoms with Crippen LogP contribution in [0.4, 0.5) is 0 Å². The highest BCUT2D eigenvalue weighted by Gasteiger charge is 2.41. The van der Waals surface area contributed by atoms with E-state index >= 15 is 0 Å². The largest absolute Gasteiger partial charge is 0.436 e. The zero-order valence-electron chi connectivity index (χ0n) is 30.6. The smallest absolute Gasteiger partial charge is 0.227 e. The van der Waals surface area contributed by atoms with Crippen molar-refractivity contribution in [2.45, 2.75) is 38.5 Å². The average Bonchev–Trinajstić information content (AvgIpc) is 3.94. The van der Waals surface area contributed by atoms with Gasteiger partial charge in [0.15, 0.2) is 11.2 Å². The van der Waals surface area contributed by atoms with Crippen LogP contribution in [0, 0.1) is 0 Å². The van der Waals surface area contributed by atoms with E-state index in [-0.39, 0.29) is 10.8 Å². The molecular weight excluding hydrogens is 661 g/mol. The third-order valence-electron chi connectivity index (χ3n) is 11.9. The van der Waals surface area contributed by atoms with Gasteiger partial charge in [-0.05, 0) is 133 Å². The SMILES string of the molecule is CC1(C)c2ccccc2-c2cc3c(cc21)-c1ccc(-c2cccc(-c4cc(-c5nc6ccccc6o5)cc(-c5nc6ccccc6o5)c4)c2)cc1C3(C)C. The van der Waals surface area contributed by atoms with Crippen molar-refractivity contribution < 1.29 is 8.83 Å². The molecule has 0 spiro atoms. The van der Waals surface area contributed by atoms with E-state index in [1.165, 1.54) is 50.1 Å². The zero-order chi connectivity index (χ0) is 36.3. The fraction of sp³-hybridized carbons (Fsp3) is 0.120. The lowest BCUT2D eigenvalue weighted by Gasteiger charge is -2.24. The second-order valence-electron chi connectivity index (χ2n) is 15.9. The van der Waals surface area contributed by atoms with Crippen molar-refractivity contribution in [3.63, 3.8) is 0 Å².